The summed E-state index contributed by atoms with van der Waals surface area (Å²) in [4.78, 5) is 11.3. The molecule has 1 aliphatic carbocycles. The molecule has 3 heteroatoms. The number of hydrogen-bond donors (Lipinski definition) is 1. The molecule has 0 bridgehead atoms. The van der Waals surface area contributed by atoms with Gasteiger partial charge in [0.1, 0.15) is 5.75 Å². The van der Waals surface area contributed by atoms with Gasteiger partial charge in [-0.1, -0.05) is 38.3 Å². The van der Waals surface area contributed by atoms with Gasteiger partial charge in [0.25, 0.3) is 0 Å². The highest BCUT2D eigenvalue weighted by Gasteiger charge is 2.29. The third-order valence-electron chi connectivity index (χ3n) is 3.68. The Morgan fingerprint density at radius 3 is 2.72 bits per heavy atom. The Hall–Kier alpha value is -1.35. The van der Waals surface area contributed by atoms with Gasteiger partial charge in [0.2, 0.25) is 0 Å². The lowest BCUT2D eigenvalue weighted by Crippen LogP contribution is -2.38. The Bertz CT molecular complexity index is 422. The molecule has 2 rings (SSSR count). The van der Waals surface area contributed by atoms with Crippen LogP contribution in [-0.4, -0.2) is 5.97 Å². The van der Waals surface area contributed by atoms with E-state index in [1.807, 2.05) is 24.3 Å². The Kier molecular flexibility index (Phi) is 4.02. The Morgan fingerprint density at radius 2 is 2.06 bits per heavy atom. The topological polar surface area (TPSA) is 52.3 Å². The van der Waals surface area contributed by atoms with E-state index in [1.165, 1.54) is 19.3 Å². The summed E-state index contributed by atoms with van der Waals surface area (Å²) in [5.41, 5.74) is 7.32. The van der Waals surface area contributed by atoms with Crippen molar-refractivity contribution in [2.45, 2.75) is 51.0 Å². The van der Waals surface area contributed by atoms with Crippen molar-refractivity contribution in [1.82, 2.24) is 0 Å². The first-order valence-electron chi connectivity index (χ1n) is 6.74. The number of nitrogens with two attached hydrogens (primary N) is 1. The lowest BCUT2D eigenvalue weighted by atomic mass is 9.77. The van der Waals surface area contributed by atoms with E-state index < -0.39 is 0 Å². The van der Waals surface area contributed by atoms with Crippen LogP contribution in [0.15, 0.2) is 24.3 Å². The van der Waals surface area contributed by atoms with Gasteiger partial charge in [-0.25, -0.2) is 0 Å². The summed E-state index contributed by atoms with van der Waals surface area (Å²) in [7, 11) is 0. The predicted octanol–water partition coefficient (Wildman–Crippen LogP) is 3.12. The normalized spacial score (nSPS) is 18.3. The fourth-order valence-electron chi connectivity index (χ4n) is 2.54. The van der Waals surface area contributed by atoms with Gasteiger partial charge in [-0.05, 0) is 30.5 Å². The molecule has 1 saturated carbocycles. The lowest BCUT2D eigenvalue weighted by molar-refractivity contribution is -0.134. The highest BCUT2D eigenvalue weighted by Crippen LogP contribution is 2.35. The molecule has 1 aromatic carbocycles. The zero-order chi connectivity index (χ0) is 13.0. The molecule has 0 saturated heterocycles. The molecule has 0 spiro atoms. The minimum Gasteiger partial charge on any atom is -0.427 e. The largest absolute Gasteiger partial charge is 0.427 e. The Labute approximate surface area is 108 Å². The second-order valence-electron chi connectivity index (χ2n) is 5.07. The molecule has 0 aliphatic heterocycles. The van der Waals surface area contributed by atoms with Crippen LogP contribution in [0.1, 0.15) is 51.0 Å². The summed E-state index contributed by atoms with van der Waals surface area (Å²) in [6.45, 7) is 1.79. The molecule has 0 unspecified atom stereocenters. The van der Waals surface area contributed by atoms with E-state index in [9.17, 15) is 4.79 Å². The van der Waals surface area contributed by atoms with Gasteiger partial charge in [0, 0.05) is 12.0 Å². The van der Waals surface area contributed by atoms with Crippen molar-refractivity contribution in [3.05, 3.63) is 29.8 Å². The maximum absolute atomic E-state index is 11.3. The minimum atomic E-state index is -0.243. The molecule has 0 atom stereocenters. The first kappa shape index (κ1) is 13.1. The van der Waals surface area contributed by atoms with Crippen LogP contribution in [0.4, 0.5) is 0 Å². The molecule has 0 aromatic heterocycles. The van der Waals surface area contributed by atoms with Crippen LogP contribution in [0.5, 0.6) is 5.75 Å². The molecule has 98 valence electrons. The number of rotatable bonds is 3. The van der Waals surface area contributed by atoms with Gasteiger partial charge in [-0.15, -0.1) is 0 Å². The maximum atomic E-state index is 11.3. The van der Waals surface area contributed by atoms with Crippen LogP contribution in [0.2, 0.25) is 0 Å². The number of esters is 1. The molecule has 1 aromatic rings. The van der Waals surface area contributed by atoms with E-state index in [1.54, 1.807) is 6.92 Å². The number of benzene rings is 1. The van der Waals surface area contributed by atoms with Gasteiger partial charge in [-0.2, -0.15) is 0 Å². The first-order valence-corrected chi connectivity index (χ1v) is 6.74. The molecule has 1 aliphatic rings. The minimum absolute atomic E-state index is 0.207. The van der Waals surface area contributed by atoms with Crippen molar-refractivity contribution in [2.24, 2.45) is 5.73 Å². The summed E-state index contributed by atoms with van der Waals surface area (Å²) in [5, 5.41) is 0. The second-order valence-corrected chi connectivity index (χ2v) is 5.07. The second kappa shape index (κ2) is 5.53. The molecule has 0 heterocycles. The van der Waals surface area contributed by atoms with Crippen molar-refractivity contribution in [2.75, 3.05) is 0 Å². The number of ether oxygens (including phenoxy) is 1. The average molecular weight is 247 g/mol. The zero-order valence-corrected chi connectivity index (χ0v) is 10.9. The number of hydrogen-bond acceptors (Lipinski definition) is 3. The van der Waals surface area contributed by atoms with Gasteiger partial charge < -0.3 is 10.5 Å². The predicted molar refractivity (Wildman–Crippen MR) is 71.3 cm³/mol. The van der Waals surface area contributed by atoms with Crippen molar-refractivity contribution in [1.29, 1.82) is 0 Å². The molecule has 0 amide bonds. The van der Waals surface area contributed by atoms with Crippen molar-refractivity contribution >= 4 is 5.97 Å². The van der Waals surface area contributed by atoms with Gasteiger partial charge in [0.05, 0.1) is 0 Å². The van der Waals surface area contributed by atoms with Crippen molar-refractivity contribution < 1.29 is 9.53 Å². The summed E-state index contributed by atoms with van der Waals surface area (Å²) in [6, 6.07) is 7.67. The monoisotopic (exact) mass is 247 g/mol. The average Bonchev–Trinajstić information content (AvgIpc) is 2.40. The first-order chi connectivity index (χ1) is 8.64. The fourth-order valence-corrected chi connectivity index (χ4v) is 2.54. The summed E-state index contributed by atoms with van der Waals surface area (Å²) in [6.07, 6.45) is 6.03. The van der Waals surface area contributed by atoms with Crippen molar-refractivity contribution in [3.63, 3.8) is 0 Å². The molecule has 3 nitrogen and oxygen atoms in total. The van der Waals surface area contributed by atoms with Crippen LogP contribution in [0, 0.1) is 0 Å². The van der Waals surface area contributed by atoms with E-state index in [0.717, 1.165) is 18.4 Å². The molecular formula is C15H21NO2. The lowest BCUT2D eigenvalue weighted by Gasteiger charge is -2.34. The third kappa shape index (κ3) is 2.91. The molecule has 18 heavy (non-hydrogen) atoms. The highest BCUT2D eigenvalue weighted by molar-refractivity contribution is 5.71. The molecule has 0 radical (unpaired) electrons. The third-order valence-corrected chi connectivity index (χ3v) is 3.68. The number of carbonyl (C=O) groups excluding carboxylic acids is 1. The van der Waals surface area contributed by atoms with Crippen LogP contribution in [0.3, 0.4) is 0 Å². The SMILES string of the molecule is CCC(=O)Oc1cccc(C2(N)CCCCC2)c1. The van der Waals surface area contributed by atoms with E-state index in [4.69, 9.17) is 10.5 Å². The van der Waals surface area contributed by atoms with Crippen molar-refractivity contribution in [3.8, 4) is 5.75 Å². The molecular weight excluding hydrogens is 226 g/mol. The van der Waals surface area contributed by atoms with Gasteiger partial charge in [0.15, 0.2) is 0 Å². The van der Waals surface area contributed by atoms with Gasteiger partial charge >= 0.3 is 5.97 Å². The molecule has 1 fully saturated rings. The Morgan fingerprint density at radius 1 is 1.33 bits per heavy atom. The van der Waals surface area contributed by atoms with E-state index in [0.29, 0.717) is 12.2 Å². The Balaban J connectivity index is 2.18. The quantitative estimate of drug-likeness (QED) is 0.659. The van der Waals surface area contributed by atoms with Crippen LogP contribution >= 0.6 is 0 Å². The van der Waals surface area contributed by atoms with Gasteiger partial charge in [-0.3, -0.25) is 4.79 Å². The standard InChI is InChI=1S/C15H21NO2/c1-2-14(17)18-13-8-6-7-12(11-13)15(16)9-4-3-5-10-15/h6-8,11H,2-5,9-10,16H2,1H3. The van der Waals surface area contributed by atoms with E-state index in [-0.39, 0.29) is 11.5 Å². The summed E-state index contributed by atoms with van der Waals surface area (Å²) < 4.78 is 5.25. The number of carbonyl (C=O) groups is 1. The van der Waals surface area contributed by atoms with E-state index >= 15 is 0 Å². The summed E-state index contributed by atoms with van der Waals surface area (Å²) >= 11 is 0. The molecule has 2 N–H and O–H groups in total. The maximum Gasteiger partial charge on any atom is 0.310 e. The highest BCUT2D eigenvalue weighted by atomic mass is 16.5. The van der Waals surface area contributed by atoms with Crippen LogP contribution in [-0.2, 0) is 10.3 Å². The fraction of sp³-hybridized carbons (Fsp3) is 0.533. The summed E-state index contributed by atoms with van der Waals surface area (Å²) in [5.74, 6) is 0.400. The zero-order valence-electron chi connectivity index (χ0n) is 10.9. The van der Waals surface area contributed by atoms with E-state index in [2.05, 4.69) is 0 Å². The smallest absolute Gasteiger partial charge is 0.310 e. The van der Waals surface area contributed by atoms with Crippen LogP contribution in [0.25, 0.3) is 0 Å². The van der Waals surface area contributed by atoms with Crippen LogP contribution < -0.4 is 10.5 Å².